The molecule has 0 aliphatic rings. The van der Waals surface area contributed by atoms with Crippen LogP contribution in [0.15, 0.2) is 0 Å². The Labute approximate surface area is 72.5 Å². The summed E-state index contributed by atoms with van der Waals surface area (Å²) in [6.45, 7) is 4.72. The van der Waals surface area contributed by atoms with Crippen molar-refractivity contribution in [1.82, 2.24) is 0 Å². The molecule has 0 aliphatic heterocycles. The lowest BCUT2D eigenvalue weighted by atomic mass is 10.2. The Hall–Kier alpha value is -0.330. The van der Waals surface area contributed by atoms with Crippen molar-refractivity contribution in [1.29, 1.82) is 0 Å². The van der Waals surface area contributed by atoms with Gasteiger partial charge in [-0.1, -0.05) is 5.92 Å². The number of phosphoric acid groups is 1. The second-order valence-corrected chi connectivity index (χ2v) is 4.01. The smallest absolute Gasteiger partial charge is 0.302 e. The number of phosphoric ester groups is 1. The molecule has 0 rings (SSSR count). The van der Waals surface area contributed by atoms with Gasteiger partial charge in [-0.25, -0.2) is 4.57 Å². The fourth-order valence-electron chi connectivity index (χ4n) is 0.504. The minimum atomic E-state index is -3.97. The van der Waals surface area contributed by atoms with E-state index >= 15 is 0 Å². The maximum absolute atomic E-state index is 11.0. The maximum atomic E-state index is 11.0. The van der Waals surface area contributed by atoms with Crippen molar-refractivity contribution in [2.24, 2.45) is 0 Å². The first-order valence-electron chi connectivity index (χ1n) is 3.49. The Kier molecular flexibility index (Phi) is 3.95. The van der Waals surface area contributed by atoms with Gasteiger partial charge < -0.3 is 4.89 Å². The van der Waals surface area contributed by atoms with Gasteiger partial charge in [0.2, 0.25) is 0 Å². The molecule has 1 unspecified atom stereocenters. The van der Waals surface area contributed by atoms with Crippen LogP contribution in [0.3, 0.4) is 0 Å². The van der Waals surface area contributed by atoms with Gasteiger partial charge >= 0.3 is 7.82 Å². The van der Waals surface area contributed by atoms with Crippen molar-refractivity contribution in [3.63, 3.8) is 0 Å². The maximum Gasteiger partial charge on any atom is 0.473 e. The Morgan fingerprint density at radius 3 is 2.50 bits per heavy atom. The van der Waals surface area contributed by atoms with Gasteiger partial charge in [-0.05, 0) is 20.8 Å². The van der Waals surface area contributed by atoms with E-state index in [1.165, 1.54) is 13.8 Å². The summed E-state index contributed by atoms with van der Waals surface area (Å²) >= 11 is 0. The fraction of sp³-hybridized carbons (Fsp3) is 0.714. The normalized spacial score (nSPS) is 16.6. The zero-order valence-corrected chi connectivity index (χ0v) is 8.30. The lowest BCUT2D eigenvalue weighted by Gasteiger charge is -2.21. The van der Waals surface area contributed by atoms with Crippen LogP contribution in [-0.4, -0.2) is 17.1 Å². The Bertz CT molecular complexity index is 228. The molecular weight excluding hydrogens is 179 g/mol. The van der Waals surface area contributed by atoms with E-state index < -0.39 is 13.4 Å². The van der Waals surface area contributed by atoms with Crippen molar-refractivity contribution in [2.45, 2.75) is 26.4 Å². The molecule has 1 atom stereocenters. The van der Waals surface area contributed by atoms with Crippen LogP contribution in [-0.2, 0) is 13.6 Å². The molecule has 0 aromatic heterocycles. The molecule has 0 radical (unpaired) electrons. The van der Waals surface area contributed by atoms with Gasteiger partial charge in [-0.2, -0.15) is 0 Å². The van der Waals surface area contributed by atoms with Gasteiger partial charge in [-0.3, -0.25) is 9.05 Å². The van der Waals surface area contributed by atoms with Crippen molar-refractivity contribution in [3.8, 4) is 12.3 Å². The van der Waals surface area contributed by atoms with Crippen LogP contribution < -0.4 is 0 Å². The SMILES string of the molecule is C#CC(C)(C)OP(=O)(O)OCC. The van der Waals surface area contributed by atoms with E-state index in [0.717, 1.165) is 0 Å². The molecule has 1 N–H and O–H groups in total. The highest BCUT2D eigenvalue weighted by atomic mass is 31.2. The van der Waals surface area contributed by atoms with Gasteiger partial charge in [0, 0.05) is 0 Å². The summed E-state index contributed by atoms with van der Waals surface area (Å²) in [6, 6.07) is 0. The molecule has 0 aliphatic carbocycles. The van der Waals surface area contributed by atoms with Crippen molar-refractivity contribution >= 4 is 7.82 Å². The van der Waals surface area contributed by atoms with E-state index in [1.54, 1.807) is 6.92 Å². The van der Waals surface area contributed by atoms with E-state index in [-0.39, 0.29) is 6.61 Å². The molecule has 0 spiro atoms. The summed E-state index contributed by atoms with van der Waals surface area (Å²) in [6.07, 6.45) is 5.05. The molecule has 0 amide bonds. The first kappa shape index (κ1) is 11.7. The molecular formula is C7H13O4P. The average molecular weight is 192 g/mol. The molecule has 0 aromatic carbocycles. The molecule has 0 fully saturated rings. The second-order valence-electron chi connectivity index (χ2n) is 2.63. The standard InChI is InChI=1S/C7H13O4P/c1-5-7(3,4)11-12(8,9)10-6-2/h1H,6H2,2-4H3,(H,8,9). The third-order valence-electron chi connectivity index (χ3n) is 0.983. The molecule has 0 bridgehead atoms. The molecule has 5 heteroatoms. The number of hydrogen-bond donors (Lipinski definition) is 1. The van der Waals surface area contributed by atoms with Crippen molar-refractivity contribution in [2.75, 3.05) is 6.61 Å². The second kappa shape index (κ2) is 4.06. The zero-order chi connectivity index (χ0) is 9.83. The third-order valence-corrected chi connectivity index (χ3v) is 2.26. The number of hydrogen-bond acceptors (Lipinski definition) is 3. The summed E-state index contributed by atoms with van der Waals surface area (Å²) in [5.41, 5.74) is -1.08. The van der Waals surface area contributed by atoms with Gasteiger partial charge in [0.1, 0.15) is 5.60 Å². The molecule has 0 saturated carbocycles. The highest BCUT2D eigenvalue weighted by Gasteiger charge is 2.29. The summed E-state index contributed by atoms with van der Waals surface area (Å²) < 4.78 is 20.1. The van der Waals surface area contributed by atoms with Crippen LogP contribution in [0.4, 0.5) is 0 Å². The molecule has 4 nitrogen and oxygen atoms in total. The zero-order valence-electron chi connectivity index (χ0n) is 7.40. The Morgan fingerprint density at radius 1 is 1.67 bits per heavy atom. The first-order valence-corrected chi connectivity index (χ1v) is 4.98. The van der Waals surface area contributed by atoms with E-state index in [2.05, 4.69) is 15.0 Å². The average Bonchev–Trinajstić information content (AvgIpc) is 1.85. The predicted octanol–water partition coefficient (Wildman–Crippen LogP) is 1.55. The topological polar surface area (TPSA) is 55.8 Å². The fourth-order valence-corrected chi connectivity index (χ4v) is 1.51. The Balaban J connectivity index is 4.27. The van der Waals surface area contributed by atoms with Crippen LogP contribution in [0.1, 0.15) is 20.8 Å². The largest absolute Gasteiger partial charge is 0.473 e. The van der Waals surface area contributed by atoms with Crippen molar-refractivity contribution < 1.29 is 18.5 Å². The van der Waals surface area contributed by atoms with Crippen molar-refractivity contribution in [3.05, 3.63) is 0 Å². The van der Waals surface area contributed by atoms with Gasteiger partial charge in [0.05, 0.1) is 6.61 Å². The predicted molar refractivity (Wildman–Crippen MR) is 45.4 cm³/mol. The lowest BCUT2D eigenvalue weighted by Crippen LogP contribution is -2.20. The highest BCUT2D eigenvalue weighted by Crippen LogP contribution is 2.46. The summed E-state index contributed by atoms with van der Waals surface area (Å²) in [4.78, 5) is 9.00. The quantitative estimate of drug-likeness (QED) is 0.542. The summed E-state index contributed by atoms with van der Waals surface area (Å²) in [5, 5.41) is 0. The third kappa shape index (κ3) is 4.53. The minimum Gasteiger partial charge on any atom is -0.302 e. The monoisotopic (exact) mass is 192 g/mol. The van der Waals surface area contributed by atoms with E-state index in [9.17, 15) is 4.57 Å². The Morgan fingerprint density at radius 2 is 2.17 bits per heavy atom. The number of terminal acetylenes is 1. The van der Waals surface area contributed by atoms with Crippen LogP contribution in [0, 0.1) is 12.3 Å². The molecule has 12 heavy (non-hydrogen) atoms. The van der Waals surface area contributed by atoms with Crippen LogP contribution in [0.2, 0.25) is 0 Å². The molecule has 0 heterocycles. The first-order chi connectivity index (χ1) is 5.33. The highest BCUT2D eigenvalue weighted by molar-refractivity contribution is 7.47. The van der Waals surface area contributed by atoms with Crippen LogP contribution >= 0.6 is 7.82 Å². The molecule has 0 saturated heterocycles. The minimum absolute atomic E-state index is 0.106. The van der Waals surface area contributed by atoms with Gasteiger partial charge in [0.15, 0.2) is 0 Å². The summed E-state index contributed by atoms with van der Waals surface area (Å²) in [7, 11) is -3.97. The molecule has 70 valence electrons. The van der Waals surface area contributed by atoms with Gasteiger partial charge in [0.25, 0.3) is 0 Å². The van der Waals surface area contributed by atoms with Gasteiger partial charge in [-0.15, -0.1) is 6.42 Å². The van der Waals surface area contributed by atoms with Crippen LogP contribution in [0.5, 0.6) is 0 Å². The lowest BCUT2D eigenvalue weighted by molar-refractivity contribution is 0.0889. The van der Waals surface area contributed by atoms with E-state index in [4.69, 9.17) is 11.3 Å². The summed E-state index contributed by atoms with van der Waals surface area (Å²) in [5.74, 6) is 2.22. The number of rotatable bonds is 4. The van der Waals surface area contributed by atoms with E-state index in [1.807, 2.05) is 0 Å². The van der Waals surface area contributed by atoms with E-state index in [0.29, 0.717) is 0 Å². The van der Waals surface area contributed by atoms with Crippen LogP contribution in [0.25, 0.3) is 0 Å². The molecule has 0 aromatic rings.